The number of rotatable bonds is 3. The Morgan fingerprint density at radius 3 is 1.82 bits per heavy atom. The minimum absolute atomic E-state index is 0.0161. The van der Waals surface area contributed by atoms with Crippen LogP contribution in [0.1, 0.15) is 42.2 Å². The molecule has 4 rings (SSSR count). The third-order valence-corrected chi connectivity index (χ3v) is 5.06. The molecule has 0 fully saturated rings. The van der Waals surface area contributed by atoms with Gasteiger partial charge in [0, 0.05) is 11.1 Å². The Morgan fingerprint density at radius 1 is 0.750 bits per heavy atom. The van der Waals surface area contributed by atoms with Crippen LogP contribution in [0.15, 0.2) is 66.7 Å². The molecule has 0 saturated carbocycles. The Hall–Kier alpha value is -3.93. The fourth-order valence-corrected chi connectivity index (χ4v) is 3.76. The van der Waals surface area contributed by atoms with Crippen LogP contribution in [0.25, 0.3) is 0 Å². The maximum atomic E-state index is 13.5. The van der Waals surface area contributed by atoms with Crippen molar-refractivity contribution in [1.82, 2.24) is 0 Å². The van der Waals surface area contributed by atoms with E-state index in [1.165, 1.54) is 0 Å². The number of phenols is 2. The number of carbonyl (C=O) groups is 3. The average molecular weight is 374 g/mol. The zero-order chi connectivity index (χ0) is 20.1. The lowest BCUT2D eigenvalue weighted by Crippen LogP contribution is -2.39. The molecule has 0 unspecified atom stereocenters. The van der Waals surface area contributed by atoms with Crippen LogP contribution in [0.3, 0.4) is 0 Å². The summed E-state index contributed by atoms with van der Waals surface area (Å²) >= 11 is 0. The number of fused-ring (bicyclic) bond motifs is 1. The van der Waals surface area contributed by atoms with Gasteiger partial charge < -0.3 is 15.3 Å². The first-order valence-corrected chi connectivity index (χ1v) is 8.43. The lowest BCUT2D eigenvalue weighted by Gasteiger charge is -2.28. The molecule has 0 heterocycles. The molecule has 0 aromatic heterocycles. The monoisotopic (exact) mass is 374 g/mol. The van der Waals surface area contributed by atoms with Crippen LogP contribution < -0.4 is 0 Å². The quantitative estimate of drug-likeness (QED) is 0.480. The Labute approximate surface area is 159 Å². The van der Waals surface area contributed by atoms with Gasteiger partial charge in [0.25, 0.3) is 0 Å². The third-order valence-electron chi connectivity index (χ3n) is 5.06. The maximum absolute atomic E-state index is 13.5. The topological polar surface area (TPSA) is 112 Å². The van der Waals surface area contributed by atoms with E-state index in [1.54, 1.807) is 54.6 Å². The molecule has 0 atom stereocenters. The van der Waals surface area contributed by atoms with Crippen molar-refractivity contribution in [2.75, 3.05) is 0 Å². The number of phenolic OH excluding ortho intramolecular Hbond substituents is 1. The summed E-state index contributed by atoms with van der Waals surface area (Å²) in [7, 11) is 0. The van der Waals surface area contributed by atoms with Crippen molar-refractivity contribution in [2.45, 2.75) is 5.41 Å². The van der Waals surface area contributed by atoms with Crippen molar-refractivity contribution >= 4 is 17.5 Å². The average Bonchev–Trinajstić information content (AvgIpc) is 2.93. The molecule has 0 spiro atoms. The summed E-state index contributed by atoms with van der Waals surface area (Å²) in [5, 5.41) is 29.4. The normalized spacial score (nSPS) is 14.7. The van der Waals surface area contributed by atoms with Gasteiger partial charge >= 0.3 is 5.97 Å². The van der Waals surface area contributed by atoms with Crippen LogP contribution in [-0.2, 0) is 5.41 Å². The number of carboxylic acid groups (broad SMARTS) is 1. The number of carbonyl (C=O) groups excluding carboxylic acids is 2. The number of aromatic carboxylic acids is 1. The third kappa shape index (κ3) is 2.18. The van der Waals surface area contributed by atoms with E-state index >= 15 is 0 Å². The molecular formula is C22H14O6. The predicted molar refractivity (Wildman–Crippen MR) is 99.1 cm³/mol. The Balaban J connectivity index is 2.11. The van der Waals surface area contributed by atoms with Crippen molar-refractivity contribution in [3.8, 4) is 11.5 Å². The summed E-state index contributed by atoms with van der Waals surface area (Å²) in [4.78, 5) is 38.5. The molecule has 0 amide bonds. The number of hydrogen-bond donors (Lipinski definition) is 3. The van der Waals surface area contributed by atoms with Gasteiger partial charge in [-0.15, -0.1) is 0 Å². The molecule has 3 aromatic rings. The standard InChI is InChI=1S/C22H14O6/c23-17-11-13(10-16(18(17)24)21(27)28)22(12-6-2-1-3-7-12)19(25)14-8-4-5-9-15(14)20(22)26/h1-11,23-24H,(H,27,28). The van der Waals surface area contributed by atoms with Crippen molar-refractivity contribution in [2.24, 2.45) is 0 Å². The molecular weight excluding hydrogens is 360 g/mol. The molecule has 1 aliphatic rings. The lowest BCUT2D eigenvalue weighted by atomic mass is 9.70. The molecule has 0 saturated heterocycles. The highest BCUT2D eigenvalue weighted by molar-refractivity contribution is 6.35. The molecule has 0 bridgehead atoms. The molecule has 0 aliphatic heterocycles. The van der Waals surface area contributed by atoms with Crippen LogP contribution in [0, 0.1) is 0 Å². The molecule has 0 radical (unpaired) electrons. The Bertz CT molecular complexity index is 1110. The summed E-state index contributed by atoms with van der Waals surface area (Å²) in [5.74, 6) is -4.06. The van der Waals surface area contributed by atoms with E-state index in [4.69, 9.17) is 0 Å². The Kier molecular flexibility index (Phi) is 3.78. The lowest BCUT2D eigenvalue weighted by molar-refractivity contribution is 0.0689. The van der Waals surface area contributed by atoms with E-state index in [-0.39, 0.29) is 16.7 Å². The van der Waals surface area contributed by atoms with Crippen molar-refractivity contribution in [3.05, 3.63) is 94.5 Å². The zero-order valence-corrected chi connectivity index (χ0v) is 14.4. The molecule has 3 N–H and O–H groups in total. The second kappa shape index (κ2) is 6.06. The SMILES string of the molecule is O=C(O)c1cc(C2(c3ccccc3)C(=O)c3ccccc3C2=O)cc(O)c1O. The first-order valence-electron chi connectivity index (χ1n) is 8.43. The molecule has 3 aromatic carbocycles. The van der Waals surface area contributed by atoms with Crippen molar-refractivity contribution < 1.29 is 29.7 Å². The number of aromatic hydroxyl groups is 2. The van der Waals surface area contributed by atoms with Gasteiger partial charge in [0.05, 0.1) is 0 Å². The second-order valence-corrected chi connectivity index (χ2v) is 6.52. The first kappa shape index (κ1) is 17.5. The van der Waals surface area contributed by atoms with Gasteiger partial charge in [-0.1, -0.05) is 54.6 Å². The summed E-state index contributed by atoms with van der Waals surface area (Å²) in [5.41, 5.74) is -1.66. The highest BCUT2D eigenvalue weighted by atomic mass is 16.4. The fourth-order valence-electron chi connectivity index (χ4n) is 3.76. The van der Waals surface area contributed by atoms with E-state index in [9.17, 15) is 29.7 Å². The highest BCUT2D eigenvalue weighted by Crippen LogP contribution is 2.47. The Morgan fingerprint density at radius 2 is 1.29 bits per heavy atom. The number of benzene rings is 3. The van der Waals surface area contributed by atoms with Gasteiger partial charge in [-0.2, -0.15) is 0 Å². The van der Waals surface area contributed by atoms with Gasteiger partial charge in [0.15, 0.2) is 23.1 Å². The molecule has 28 heavy (non-hydrogen) atoms. The fraction of sp³-hybridized carbons (Fsp3) is 0.0455. The molecule has 138 valence electrons. The van der Waals surface area contributed by atoms with Gasteiger partial charge in [-0.25, -0.2) is 4.79 Å². The van der Waals surface area contributed by atoms with Gasteiger partial charge in [-0.3, -0.25) is 9.59 Å². The molecule has 6 nitrogen and oxygen atoms in total. The first-order chi connectivity index (χ1) is 13.4. The summed E-state index contributed by atoms with van der Waals surface area (Å²) in [6.45, 7) is 0. The van der Waals surface area contributed by atoms with Crippen LogP contribution >= 0.6 is 0 Å². The zero-order valence-electron chi connectivity index (χ0n) is 14.4. The largest absolute Gasteiger partial charge is 0.504 e. The van der Waals surface area contributed by atoms with Crippen molar-refractivity contribution in [1.29, 1.82) is 0 Å². The maximum Gasteiger partial charge on any atom is 0.339 e. The van der Waals surface area contributed by atoms with E-state index in [1.807, 2.05) is 0 Å². The number of ketones is 2. The number of hydrogen-bond acceptors (Lipinski definition) is 5. The van der Waals surface area contributed by atoms with Crippen LogP contribution in [-0.4, -0.2) is 32.9 Å². The second-order valence-electron chi connectivity index (χ2n) is 6.52. The van der Waals surface area contributed by atoms with E-state index < -0.39 is 40.0 Å². The van der Waals surface area contributed by atoms with Gasteiger partial charge in [-0.05, 0) is 23.3 Å². The summed E-state index contributed by atoms with van der Waals surface area (Å²) in [6, 6.07) is 16.8. The van der Waals surface area contributed by atoms with E-state index in [0.29, 0.717) is 5.56 Å². The van der Waals surface area contributed by atoms with Crippen LogP contribution in [0.2, 0.25) is 0 Å². The van der Waals surface area contributed by atoms with E-state index in [2.05, 4.69) is 0 Å². The minimum Gasteiger partial charge on any atom is -0.504 e. The molecule has 6 heteroatoms. The smallest absolute Gasteiger partial charge is 0.339 e. The highest BCUT2D eigenvalue weighted by Gasteiger charge is 2.55. The van der Waals surface area contributed by atoms with Crippen LogP contribution in [0.4, 0.5) is 0 Å². The summed E-state index contributed by atoms with van der Waals surface area (Å²) in [6.07, 6.45) is 0. The van der Waals surface area contributed by atoms with Crippen molar-refractivity contribution in [3.63, 3.8) is 0 Å². The van der Waals surface area contributed by atoms with E-state index in [0.717, 1.165) is 12.1 Å². The predicted octanol–water partition coefficient (Wildman–Crippen LogP) is 3.16. The number of Topliss-reactive ketones (excluding diaryl/α,β-unsaturated/α-hetero) is 2. The van der Waals surface area contributed by atoms with Gasteiger partial charge in [0.1, 0.15) is 11.0 Å². The van der Waals surface area contributed by atoms with Crippen LogP contribution in [0.5, 0.6) is 11.5 Å². The number of carboxylic acids is 1. The summed E-state index contributed by atoms with van der Waals surface area (Å²) < 4.78 is 0. The molecule has 1 aliphatic carbocycles. The minimum atomic E-state index is -1.85. The van der Waals surface area contributed by atoms with Gasteiger partial charge in [0.2, 0.25) is 0 Å².